The Morgan fingerprint density at radius 1 is 0.923 bits per heavy atom. The van der Waals surface area contributed by atoms with E-state index in [0.717, 1.165) is 0 Å². The Morgan fingerprint density at radius 3 is 1.15 bits per heavy atom. The van der Waals surface area contributed by atoms with Crippen LogP contribution in [0.5, 0.6) is 0 Å². The van der Waals surface area contributed by atoms with E-state index in [2.05, 4.69) is 0 Å². The second-order valence-electron chi connectivity index (χ2n) is 2.60. The summed E-state index contributed by atoms with van der Waals surface area (Å²) < 4.78 is 22.0. The molecule has 0 fully saturated rings. The SMILES string of the molecule is CCC(CO)(CO)CO.[OH][Sb]([OH])[OH]. The number of hydrogen-bond donors (Lipinski definition) is 6. The summed E-state index contributed by atoms with van der Waals surface area (Å²) in [5.41, 5.74) is -0.667. The van der Waals surface area contributed by atoms with Crippen LogP contribution in [-0.2, 0) is 0 Å². The first-order valence-corrected chi connectivity index (χ1v) is 7.09. The molecule has 0 aliphatic heterocycles. The Balaban J connectivity index is 0. The van der Waals surface area contributed by atoms with E-state index in [1.54, 1.807) is 0 Å². The summed E-state index contributed by atoms with van der Waals surface area (Å²) in [6.45, 7) is 1.35. The van der Waals surface area contributed by atoms with Crippen LogP contribution < -0.4 is 0 Å². The Morgan fingerprint density at radius 2 is 1.15 bits per heavy atom. The summed E-state index contributed by atoms with van der Waals surface area (Å²) in [6.07, 6.45) is 0.594. The van der Waals surface area contributed by atoms with E-state index in [9.17, 15) is 0 Å². The van der Waals surface area contributed by atoms with Crippen molar-refractivity contribution < 1.29 is 25.5 Å². The Bertz CT molecular complexity index is 85.0. The van der Waals surface area contributed by atoms with Crippen molar-refractivity contribution in [1.82, 2.24) is 0 Å². The fourth-order valence-corrected chi connectivity index (χ4v) is 0.485. The summed E-state index contributed by atoms with van der Waals surface area (Å²) in [6, 6.07) is 0. The number of rotatable bonds is 4. The molecule has 0 aliphatic carbocycles. The van der Waals surface area contributed by atoms with Gasteiger partial charge in [-0.2, -0.15) is 0 Å². The third-order valence-electron chi connectivity index (χ3n) is 1.76. The Hall–Kier alpha value is 0.578. The molecule has 0 saturated carbocycles. The standard InChI is InChI=1S/C6H14O3.3H2O.Sb/c1-2-6(3-7,4-8)5-9;;;;/h7-9H,2-5H2,1H3;3*1H2;/q;;;;+3/p-3. The van der Waals surface area contributed by atoms with Gasteiger partial charge >= 0.3 is 31.6 Å². The van der Waals surface area contributed by atoms with E-state index in [1.165, 1.54) is 0 Å². The van der Waals surface area contributed by atoms with Gasteiger partial charge in [-0.25, -0.2) is 0 Å². The van der Waals surface area contributed by atoms with Crippen molar-refractivity contribution in [2.45, 2.75) is 13.3 Å². The molecule has 0 aromatic heterocycles. The minimum absolute atomic E-state index is 0.156. The van der Waals surface area contributed by atoms with E-state index in [1.807, 2.05) is 6.92 Å². The molecule has 0 aromatic carbocycles. The molecule has 0 aromatic rings. The maximum atomic E-state index is 8.66. The zero-order valence-electron chi connectivity index (χ0n) is 7.46. The maximum absolute atomic E-state index is 8.66. The van der Waals surface area contributed by atoms with Gasteiger partial charge in [0.15, 0.2) is 0 Å². The molecule has 0 radical (unpaired) electrons. The summed E-state index contributed by atoms with van der Waals surface area (Å²) in [5, 5.41) is 26.0. The van der Waals surface area contributed by atoms with Gasteiger partial charge in [0.05, 0.1) is 19.8 Å². The summed E-state index contributed by atoms with van der Waals surface area (Å²) in [4.78, 5) is 0. The van der Waals surface area contributed by atoms with Gasteiger partial charge < -0.3 is 15.3 Å². The first-order valence-electron chi connectivity index (χ1n) is 3.67. The number of aliphatic hydroxyl groups excluding tert-OH is 3. The summed E-state index contributed by atoms with van der Waals surface area (Å²) in [5.74, 6) is 0. The van der Waals surface area contributed by atoms with Crippen molar-refractivity contribution in [2.75, 3.05) is 19.8 Å². The van der Waals surface area contributed by atoms with Crippen LogP contribution in [0.2, 0.25) is 0 Å². The molecular formula is C6H17O6Sb. The summed E-state index contributed by atoms with van der Waals surface area (Å²) >= 11 is -3.45. The van der Waals surface area contributed by atoms with Gasteiger partial charge in [0.2, 0.25) is 0 Å². The van der Waals surface area contributed by atoms with Crippen LogP contribution >= 0.6 is 0 Å². The molecule has 0 spiro atoms. The topological polar surface area (TPSA) is 121 Å². The molecule has 0 amide bonds. The monoisotopic (exact) mass is 306 g/mol. The second-order valence-corrected chi connectivity index (χ2v) is 4.13. The van der Waals surface area contributed by atoms with Crippen molar-refractivity contribution >= 4 is 21.5 Å². The Kier molecular flexibility index (Phi) is 11.3. The second kappa shape index (κ2) is 9.15. The van der Waals surface area contributed by atoms with E-state index < -0.39 is 26.9 Å². The van der Waals surface area contributed by atoms with Crippen LogP contribution in [0.4, 0.5) is 0 Å². The van der Waals surface area contributed by atoms with Crippen molar-refractivity contribution in [3.05, 3.63) is 0 Å². The van der Waals surface area contributed by atoms with E-state index in [-0.39, 0.29) is 19.8 Å². The molecule has 6 nitrogen and oxygen atoms in total. The minimum atomic E-state index is -3.45. The molecule has 0 unspecified atom stereocenters. The molecular weight excluding hydrogens is 290 g/mol. The van der Waals surface area contributed by atoms with E-state index in [0.29, 0.717) is 6.42 Å². The van der Waals surface area contributed by atoms with Gasteiger partial charge in [-0.3, -0.25) is 0 Å². The predicted octanol–water partition coefficient (Wildman–Crippen LogP) is -2.69. The van der Waals surface area contributed by atoms with Gasteiger partial charge in [-0.05, 0) is 6.42 Å². The predicted molar refractivity (Wildman–Crippen MR) is 46.4 cm³/mol. The normalized spacial score (nSPS) is 11.1. The van der Waals surface area contributed by atoms with Gasteiger partial charge in [0, 0.05) is 5.41 Å². The first-order chi connectivity index (χ1) is 5.97. The van der Waals surface area contributed by atoms with Gasteiger partial charge in [-0.15, -0.1) is 0 Å². The fourth-order valence-electron chi connectivity index (χ4n) is 0.485. The van der Waals surface area contributed by atoms with Crippen molar-refractivity contribution in [1.29, 1.82) is 0 Å². The zero-order valence-corrected chi connectivity index (χ0v) is 10.0. The summed E-state index contributed by atoms with van der Waals surface area (Å²) in [7, 11) is 0. The number of hydrogen-bond acceptors (Lipinski definition) is 6. The molecule has 0 heterocycles. The van der Waals surface area contributed by atoms with Crippen molar-refractivity contribution in [3.63, 3.8) is 0 Å². The number of aliphatic hydroxyl groups is 3. The molecule has 0 aliphatic rings. The average Bonchev–Trinajstić information content (AvgIpc) is 2.09. The average molecular weight is 307 g/mol. The van der Waals surface area contributed by atoms with Crippen LogP contribution in [0.25, 0.3) is 0 Å². The van der Waals surface area contributed by atoms with Crippen LogP contribution in [0.15, 0.2) is 0 Å². The van der Waals surface area contributed by atoms with Crippen LogP contribution in [0.3, 0.4) is 0 Å². The third-order valence-corrected chi connectivity index (χ3v) is 1.76. The molecule has 13 heavy (non-hydrogen) atoms. The van der Waals surface area contributed by atoms with E-state index in [4.69, 9.17) is 25.5 Å². The molecule has 7 heteroatoms. The molecule has 0 saturated heterocycles. The van der Waals surface area contributed by atoms with Gasteiger partial charge in [-0.1, -0.05) is 6.92 Å². The van der Waals surface area contributed by atoms with Crippen molar-refractivity contribution in [2.24, 2.45) is 5.41 Å². The van der Waals surface area contributed by atoms with Crippen LogP contribution in [-0.4, -0.2) is 66.8 Å². The first kappa shape index (κ1) is 16.0. The van der Waals surface area contributed by atoms with Gasteiger partial charge in [0.25, 0.3) is 0 Å². The molecule has 6 N–H and O–H groups in total. The quantitative estimate of drug-likeness (QED) is 0.315. The third kappa shape index (κ3) is 8.90. The molecule has 0 bridgehead atoms. The van der Waals surface area contributed by atoms with Gasteiger partial charge in [0.1, 0.15) is 0 Å². The molecule has 0 atom stereocenters. The fraction of sp³-hybridized carbons (Fsp3) is 1.00. The molecule has 82 valence electrons. The van der Waals surface area contributed by atoms with E-state index >= 15 is 0 Å². The van der Waals surface area contributed by atoms with Crippen LogP contribution in [0.1, 0.15) is 13.3 Å². The molecule has 0 rings (SSSR count). The zero-order chi connectivity index (χ0) is 10.9. The van der Waals surface area contributed by atoms with Crippen molar-refractivity contribution in [3.8, 4) is 0 Å². The Labute approximate surface area is 85.7 Å². The van der Waals surface area contributed by atoms with Crippen LogP contribution in [0, 0.1) is 5.41 Å².